The molecule has 0 aromatic heterocycles. The zero-order chi connectivity index (χ0) is 28.7. The van der Waals surface area contributed by atoms with Gasteiger partial charge in [0, 0.05) is 23.1 Å². The molecule has 2 amide bonds. The number of rotatable bonds is 11. The molecule has 0 bridgehead atoms. The van der Waals surface area contributed by atoms with Crippen molar-refractivity contribution < 1.29 is 18.0 Å². The minimum absolute atomic E-state index is 0.0102. The van der Waals surface area contributed by atoms with Crippen LogP contribution in [0.5, 0.6) is 0 Å². The minimum Gasteiger partial charge on any atom is -0.354 e. The summed E-state index contributed by atoms with van der Waals surface area (Å²) in [6.45, 7) is 7.37. The zero-order valence-corrected chi connectivity index (χ0v) is 24.8. The van der Waals surface area contributed by atoms with Crippen molar-refractivity contribution in [3.05, 3.63) is 93.5 Å². The second-order valence-corrected chi connectivity index (χ2v) is 12.2. The molecule has 208 valence electrons. The fourth-order valence-electron chi connectivity index (χ4n) is 4.04. The molecule has 10 heteroatoms. The van der Waals surface area contributed by atoms with Crippen LogP contribution in [-0.4, -0.2) is 44.3 Å². The van der Waals surface area contributed by atoms with E-state index in [4.69, 9.17) is 23.2 Å². The van der Waals surface area contributed by atoms with Crippen LogP contribution in [0.15, 0.2) is 71.6 Å². The van der Waals surface area contributed by atoms with Crippen molar-refractivity contribution in [2.24, 2.45) is 0 Å². The fraction of sp³-hybridized carbons (Fsp3) is 0.310. The fourth-order valence-corrected chi connectivity index (χ4v) is 5.95. The van der Waals surface area contributed by atoms with Crippen molar-refractivity contribution in [2.45, 2.75) is 51.6 Å². The number of hydrogen-bond donors (Lipinski definition) is 1. The van der Waals surface area contributed by atoms with E-state index in [9.17, 15) is 18.0 Å². The number of benzene rings is 3. The van der Waals surface area contributed by atoms with Crippen molar-refractivity contribution in [1.82, 2.24) is 10.2 Å². The van der Waals surface area contributed by atoms with Crippen LogP contribution < -0.4 is 9.62 Å². The Balaban J connectivity index is 2.05. The number of hydrogen-bond acceptors (Lipinski definition) is 4. The van der Waals surface area contributed by atoms with Crippen LogP contribution in [0.1, 0.15) is 37.0 Å². The third-order valence-electron chi connectivity index (χ3n) is 6.18. The summed E-state index contributed by atoms with van der Waals surface area (Å²) in [6, 6.07) is 17.4. The molecule has 0 fully saturated rings. The van der Waals surface area contributed by atoms with Gasteiger partial charge in [-0.1, -0.05) is 77.7 Å². The van der Waals surface area contributed by atoms with E-state index in [1.54, 1.807) is 19.1 Å². The summed E-state index contributed by atoms with van der Waals surface area (Å²) < 4.78 is 28.7. The molecule has 7 nitrogen and oxygen atoms in total. The number of amides is 2. The molecule has 39 heavy (non-hydrogen) atoms. The van der Waals surface area contributed by atoms with Crippen LogP contribution in [0.2, 0.25) is 10.0 Å². The number of aryl methyl sites for hydroxylation is 2. The Labute approximate surface area is 240 Å². The number of nitrogens with one attached hydrogen (secondary N) is 1. The highest BCUT2D eigenvalue weighted by molar-refractivity contribution is 7.92. The lowest BCUT2D eigenvalue weighted by molar-refractivity contribution is -0.139. The predicted octanol–water partition coefficient (Wildman–Crippen LogP) is 5.75. The third-order valence-corrected chi connectivity index (χ3v) is 8.40. The van der Waals surface area contributed by atoms with Crippen LogP contribution in [0, 0.1) is 13.8 Å². The lowest BCUT2D eigenvalue weighted by Crippen LogP contribution is -2.51. The van der Waals surface area contributed by atoms with Gasteiger partial charge in [0.1, 0.15) is 12.6 Å². The first-order valence-corrected chi connectivity index (χ1v) is 14.8. The molecule has 3 rings (SSSR count). The van der Waals surface area contributed by atoms with Gasteiger partial charge in [0.2, 0.25) is 11.8 Å². The molecule has 3 aromatic carbocycles. The van der Waals surface area contributed by atoms with Crippen molar-refractivity contribution in [2.75, 3.05) is 17.4 Å². The zero-order valence-electron chi connectivity index (χ0n) is 22.4. The first kappa shape index (κ1) is 30.5. The summed E-state index contributed by atoms with van der Waals surface area (Å²) >= 11 is 12.4. The standard InChI is InChI=1S/C29H33Cl2N3O4S/c1-5-13-32-29(36)22(4)33(18-23-8-6-7-21(3)14-23)28(35)19-34(26-16-24(30)15-25(31)17-26)39(37,38)27-11-9-20(2)10-12-27/h6-12,14-17,22H,5,13,18-19H2,1-4H3,(H,32,36). The van der Waals surface area contributed by atoms with E-state index in [1.165, 1.54) is 35.2 Å². The van der Waals surface area contributed by atoms with Crippen LogP contribution in [0.4, 0.5) is 5.69 Å². The van der Waals surface area contributed by atoms with Crippen LogP contribution >= 0.6 is 23.2 Å². The highest BCUT2D eigenvalue weighted by Gasteiger charge is 2.32. The van der Waals surface area contributed by atoms with E-state index in [0.717, 1.165) is 27.4 Å². The van der Waals surface area contributed by atoms with Gasteiger partial charge in [0.15, 0.2) is 0 Å². The number of sulfonamides is 1. The molecule has 1 atom stereocenters. The van der Waals surface area contributed by atoms with Gasteiger partial charge < -0.3 is 10.2 Å². The summed E-state index contributed by atoms with van der Waals surface area (Å²) in [4.78, 5) is 28.2. The molecular weight excluding hydrogens is 557 g/mol. The Morgan fingerprint density at radius 2 is 1.56 bits per heavy atom. The number of nitrogens with zero attached hydrogens (tertiary/aromatic N) is 2. The van der Waals surface area contributed by atoms with Gasteiger partial charge in [-0.2, -0.15) is 0 Å². The number of carbonyl (C=O) groups excluding carboxylic acids is 2. The molecule has 0 radical (unpaired) electrons. The topological polar surface area (TPSA) is 86.8 Å². The lowest BCUT2D eigenvalue weighted by atomic mass is 10.1. The van der Waals surface area contributed by atoms with Gasteiger partial charge in [-0.3, -0.25) is 13.9 Å². The van der Waals surface area contributed by atoms with E-state index >= 15 is 0 Å². The second-order valence-electron chi connectivity index (χ2n) is 9.43. The largest absolute Gasteiger partial charge is 0.354 e. The first-order chi connectivity index (χ1) is 18.4. The van der Waals surface area contributed by atoms with E-state index in [2.05, 4.69) is 5.32 Å². The van der Waals surface area contributed by atoms with Gasteiger partial charge in [-0.05, 0) is 63.1 Å². The Bertz CT molecular complexity index is 1410. The molecule has 1 unspecified atom stereocenters. The summed E-state index contributed by atoms with van der Waals surface area (Å²) in [5, 5.41) is 3.27. The van der Waals surface area contributed by atoms with E-state index in [-0.39, 0.29) is 33.1 Å². The van der Waals surface area contributed by atoms with Crippen molar-refractivity contribution in [1.29, 1.82) is 0 Å². The summed E-state index contributed by atoms with van der Waals surface area (Å²) in [6.07, 6.45) is 0.738. The molecular formula is C29H33Cl2N3O4S. The maximum atomic E-state index is 13.9. The Morgan fingerprint density at radius 3 is 2.15 bits per heavy atom. The van der Waals surface area contributed by atoms with E-state index in [0.29, 0.717) is 6.54 Å². The molecule has 0 spiro atoms. The molecule has 0 saturated heterocycles. The predicted molar refractivity (Wildman–Crippen MR) is 157 cm³/mol. The monoisotopic (exact) mass is 589 g/mol. The highest BCUT2D eigenvalue weighted by Crippen LogP contribution is 2.30. The number of halogens is 2. The quantitative estimate of drug-likeness (QED) is 0.308. The van der Waals surface area contributed by atoms with Crippen molar-refractivity contribution in [3.63, 3.8) is 0 Å². The average molecular weight is 591 g/mol. The van der Waals surface area contributed by atoms with E-state index < -0.39 is 28.5 Å². The Hall–Kier alpha value is -3.07. The summed E-state index contributed by atoms with van der Waals surface area (Å²) in [7, 11) is -4.20. The van der Waals surface area contributed by atoms with Crippen molar-refractivity contribution in [3.8, 4) is 0 Å². The molecule has 1 N–H and O–H groups in total. The maximum Gasteiger partial charge on any atom is 0.264 e. The molecule has 0 saturated carbocycles. The Kier molecular flexibility index (Phi) is 10.4. The van der Waals surface area contributed by atoms with Gasteiger partial charge >= 0.3 is 0 Å². The van der Waals surface area contributed by atoms with Crippen molar-refractivity contribution >= 4 is 50.7 Å². The van der Waals surface area contributed by atoms with Gasteiger partial charge in [-0.25, -0.2) is 8.42 Å². The average Bonchev–Trinajstić information content (AvgIpc) is 2.88. The molecule has 0 heterocycles. The van der Waals surface area contributed by atoms with Crippen LogP contribution in [0.25, 0.3) is 0 Å². The molecule has 0 aliphatic carbocycles. The van der Waals surface area contributed by atoms with Crippen LogP contribution in [-0.2, 0) is 26.2 Å². The minimum atomic E-state index is -4.20. The SMILES string of the molecule is CCCNC(=O)C(C)N(Cc1cccc(C)c1)C(=O)CN(c1cc(Cl)cc(Cl)c1)S(=O)(=O)c1ccc(C)cc1. The smallest absolute Gasteiger partial charge is 0.264 e. The molecule has 0 aliphatic heterocycles. The molecule has 3 aromatic rings. The van der Waals surface area contributed by atoms with Gasteiger partial charge in [0.25, 0.3) is 10.0 Å². The van der Waals surface area contributed by atoms with Crippen LogP contribution in [0.3, 0.4) is 0 Å². The summed E-state index contributed by atoms with van der Waals surface area (Å²) in [5.41, 5.74) is 2.84. The van der Waals surface area contributed by atoms with E-state index in [1.807, 2.05) is 45.0 Å². The second kappa shape index (κ2) is 13.3. The highest BCUT2D eigenvalue weighted by atomic mass is 35.5. The van der Waals surface area contributed by atoms with Gasteiger partial charge in [0.05, 0.1) is 10.6 Å². The number of carbonyl (C=O) groups is 2. The first-order valence-electron chi connectivity index (χ1n) is 12.6. The lowest BCUT2D eigenvalue weighted by Gasteiger charge is -2.32. The Morgan fingerprint density at radius 1 is 0.923 bits per heavy atom. The maximum absolute atomic E-state index is 13.9. The normalized spacial score (nSPS) is 12.1. The summed E-state index contributed by atoms with van der Waals surface area (Å²) in [5.74, 6) is -0.876. The number of anilines is 1. The third kappa shape index (κ3) is 7.97. The molecule has 0 aliphatic rings. The van der Waals surface area contributed by atoms with Gasteiger partial charge in [-0.15, -0.1) is 0 Å².